The zero-order valence-corrected chi connectivity index (χ0v) is 24.2. The van der Waals surface area contributed by atoms with E-state index in [9.17, 15) is 9.59 Å². The highest BCUT2D eigenvalue weighted by Gasteiger charge is 2.37. The molecule has 2 heterocycles. The summed E-state index contributed by atoms with van der Waals surface area (Å²) in [6.45, 7) is 6.00. The Balaban J connectivity index is 1.70. The molecule has 0 radical (unpaired) electrons. The largest absolute Gasteiger partial charge is 0.493 e. The van der Waals surface area contributed by atoms with Crippen molar-refractivity contribution in [1.82, 2.24) is 9.47 Å². The summed E-state index contributed by atoms with van der Waals surface area (Å²) in [5.74, 6) is 0.414. The number of halogens is 2. The third-order valence-electron chi connectivity index (χ3n) is 6.89. The molecular weight excluding hydrogens is 539 g/mol. The molecule has 0 unspecified atom stereocenters. The van der Waals surface area contributed by atoms with Gasteiger partial charge in [0.25, 0.3) is 5.91 Å². The van der Waals surface area contributed by atoms with Crippen LogP contribution in [-0.2, 0) is 20.7 Å². The first kappa shape index (κ1) is 28.3. The van der Waals surface area contributed by atoms with Crippen molar-refractivity contribution in [2.24, 2.45) is 0 Å². The molecule has 0 saturated carbocycles. The van der Waals surface area contributed by atoms with E-state index in [1.165, 1.54) is 7.11 Å². The number of benzene rings is 2. The smallest absolute Gasteiger partial charge is 0.340 e. The number of carbonyl (C=O) groups excluding carboxylic acids is 2. The summed E-state index contributed by atoms with van der Waals surface area (Å²) < 4.78 is 17.8. The Morgan fingerprint density at radius 2 is 1.67 bits per heavy atom. The second kappa shape index (κ2) is 11.6. The highest BCUT2D eigenvalue weighted by Crippen LogP contribution is 2.35. The van der Waals surface area contributed by atoms with Crippen LogP contribution in [0, 0.1) is 13.8 Å². The zero-order valence-electron chi connectivity index (χ0n) is 22.7. The van der Waals surface area contributed by atoms with Gasteiger partial charge in [0.2, 0.25) is 0 Å². The molecule has 39 heavy (non-hydrogen) atoms. The number of carbonyl (C=O) groups is 2. The van der Waals surface area contributed by atoms with Gasteiger partial charge in [-0.25, -0.2) is 4.79 Å². The van der Waals surface area contributed by atoms with Gasteiger partial charge in [-0.2, -0.15) is 0 Å². The second-order valence-corrected chi connectivity index (χ2v) is 10.0. The van der Waals surface area contributed by atoms with Gasteiger partial charge >= 0.3 is 5.97 Å². The van der Waals surface area contributed by atoms with Crippen molar-refractivity contribution in [3.8, 4) is 17.2 Å². The van der Waals surface area contributed by atoms with E-state index in [2.05, 4.69) is 0 Å². The number of nitrogens with zero attached hydrogens (tertiary/aromatic N) is 2. The standard InChI is InChI=1S/C30H30Cl2N2O5/c1-17-13-21(18(2)34(17)25-16-22(31)8-9-24(25)32)15-23-28(30(36)39-6)19(3)33(29(23)35)12-11-20-7-10-26(37-4)27(14-20)38-5/h7-10,13-16H,11-12H2,1-6H3/b23-15-. The summed E-state index contributed by atoms with van der Waals surface area (Å²) in [7, 11) is 4.47. The number of ether oxygens (including phenoxy) is 3. The summed E-state index contributed by atoms with van der Waals surface area (Å²) in [5.41, 5.74) is 5.31. The molecule has 1 aliphatic heterocycles. The van der Waals surface area contributed by atoms with E-state index in [4.69, 9.17) is 37.4 Å². The van der Waals surface area contributed by atoms with Crippen LogP contribution in [0.25, 0.3) is 11.8 Å². The van der Waals surface area contributed by atoms with Crippen molar-refractivity contribution >= 4 is 41.2 Å². The molecule has 0 atom stereocenters. The van der Waals surface area contributed by atoms with E-state index in [1.807, 2.05) is 42.7 Å². The molecule has 0 fully saturated rings. The average Bonchev–Trinajstić information content (AvgIpc) is 3.33. The SMILES string of the molecule is COC(=O)C1=C(C)N(CCc2ccc(OC)c(OC)c2)C(=O)/C1=C\c1cc(C)n(-c2cc(Cl)ccc2Cl)c1C. The first-order valence-corrected chi connectivity index (χ1v) is 13.0. The minimum Gasteiger partial charge on any atom is -0.493 e. The Bertz CT molecular complexity index is 1520. The summed E-state index contributed by atoms with van der Waals surface area (Å²) in [4.78, 5) is 28.1. The first-order chi connectivity index (χ1) is 18.6. The highest BCUT2D eigenvalue weighted by atomic mass is 35.5. The third-order valence-corrected chi connectivity index (χ3v) is 7.45. The number of allylic oxidation sites excluding steroid dienone is 1. The van der Waals surface area contributed by atoms with Crippen molar-refractivity contribution in [2.45, 2.75) is 27.2 Å². The van der Waals surface area contributed by atoms with Gasteiger partial charge in [-0.3, -0.25) is 4.79 Å². The van der Waals surface area contributed by atoms with E-state index in [0.717, 1.165) is 28.2 Å². The van der Waals surface area contributed by atoms with E-state index in [1.54, 1.807) is 50.3 Å². The Kier molecular flexibility index (Phi) is 8.42. The highest BCUT2D eigenvalue weighted by molar-refractivity contribution is 6.34. The lowest BCUT2D eigenvalue weighted by molar-refractivity contribution is -0.136. The van der Waals surface area contributed by atoms with Crippen molar-refractivity contribution < 1.29 is 23.8 Å². The van der Waals surface area contributed by atoms with E-state index < -0.39 is 5.97 Å². The zero-order chi connectivity index (χ0) is 28.4. The number of esters is 1. The maximum absolute atomic E-state index is 13.7. The lowest BCUT2D eigenvalue weighted by Gasteiger charge is -2.18. The van der Waals surface area contributed by atoms with Gasteiger partial charge in [0, 0.05) is 28.7 Å². The second-order valence-electron chi connectivity index (χ2n) is 9.16. The molecule has 9 heteroatoms. The minimum atomic E-state index is -0.563. The van der Waals surface area contributed by atoms with Gasteiger partial charge in [-0.15, -0.1) is 0 Å². The number of aryl methyl sites for hydroxylation is 1. The number of aromatic nitrogens is 1. The molecule has 0 N–H and O–H groups in total. The van der Waals surface area contributed by atoms with Gasteiger partial charge in [0.05, 0.1) is 43.2 Å². The van der Waals surface area contributed by atoms with Crippen LogP contribution >= 0.6 is 23.2 Å². The van der Waals surface area contributed by atoms with Crippen LogP contribution in [0.1, 0.15) is 29.4 Å². The predicted molar refractivity (Wildman–Crippen MR) is 153 cm³/mol. The van der Waals surface area contributed by atoms with E-state index in [0.29, 0.717) is 40.2 Å². The summed E-state index contributed by atoms with van der Waals surface area (Å²) >= 11 is 12.7. The van der Waals surface area contributed by atoms with Crippen LogP contribution in [0.5, 0.6) is 11.5 Å². The van der Waals surface area contributed by atoms with Crippen LogP contribution < -0.4 is 9.47 Å². The summed E-state index contributed by atoms with van der Waals surface area (Å²) in [6, 6.07) is 12.9. The van der Waals surface area contributed by atoms with E-state index >= 15 is 0 Å². The number of hydrogen-bond donors (Lipinski definition) is 0. The average molecular weight is 569 g/mol. The third kappa shape index (κ3) is 5.42. The topological polar surface area (TPSA) is 70.0 Å². The van der Waals surface area contributed by atoms with Gasteiger partial charge in [-0.1, -0.05) is 29.3 Å². The number of amides is 1. The first-order valence-electron chi connectivity index (χ1n) is 12.3. The van der Waals surface area contributed by atoms with Crippen molar-refractivity contribution in [3.63, 3.8) is 0 Å². The van der Waals surface area contributed by atoms with Crippen LogP contribution in [0.4, 0.5) is 0 Å². The van der Waals surface area contributed by atoms with Crippen LogP contribution in [0.2, 0.25) is 10.0 Å². The van der Waals surface area contributed by atoms with Crippen molar-refractivity contribution in [1.29, 1.82) is 0 Å². The fourth-order valence-corrected chi connectivity index (χ4v) is 5.26. The van der Waals surface area contributed by atoms with Gasteiger partial charge in [-0.05, 0) is 80.8 Å². The molecule has 1 amide bonds. The summed E-state index contributed by atoms with van der Waals surface area (Å²) in [6.07, 6.45) is 2.29. The summed E-state index contributed by atoms with van der Waals surface area (Å²) in [5, 5.41) is 1.11. The Labute approximate surface area is 238 Å². The Morgan fingerprint density at radius 3 is 2.33 bits per heavy atom. The molecule has 0 saturated heterocycles. The molecule has 4 rings (SSSR count). The molecule has 7 nitrogen and oxygen atoms in total. The number of methoxy groups -OCH3 is 3. The Morgan fingerprint density at radius 1 is 0.949 bits per heavy atom. The van der Waals surface area contributed by atoms with E-state index in [-0.39, 0.29) is 17.1 Å². The number of hydrogen-bond acceptors (Lipinski definition) is 5. The maximum atomic E-state index is 13.7. The molecule has 0 spiro atoms. The predicted octanol–water partition coefficient (Wildman–Crippen LogP) is 6.33. The maximum Gasteiger partial charge on any atom is 0.340 e. The molecule has 1 aromatic heterocycles. The lowest BCUT2D eigenvalue weighted by atomic mass is 10.0. The minimum absolute atomic E-state index is 0.250. The van der Waals surface area contributed by atoms with Crippen LogP contribution in [0.3, 0.4) is 0 Å². The quantitative estimate of drug-likeness (QED) is 0.234. The van der Waals surface area contributed by atoms with Crippen LogP contribution in [-0.4, -0.2) is 49.2 Å². The lowest BCUT2D eigenvalue weighted by Crippen LogP contribution is -2.27. The monoisotopic (exact) mass is 568 g/mol. The molecule has 1 aliphatic rings. The van der Waals surface area contributed by atoms with Crippen molar-refractivity contribution in [2.75, 3.05) is 27.9 Å². The molecule has 0 bridgehead atoms. The van der Waals surface area contributed by atoms with Gasteiger partial charge in [0.1, 0.15) is 0 Å². The Hall–Kier alpha value is -3.68. The molecule has 0 aliphatic carbocycles. The van der Waals surface area contributed by atoms with Crippen molar-refractivity contribution in [3.05, 3.63) is 91.9 Å². The van der Waals surface area contributed by atoms with Crippen LogP contribution in [0.15, 0.2) is 59.3 Å². The molecular formula is C30H30Cl2N2O5. The molecule has 2 aromatic carbocycles. The molecule has 204 valence electrons. The van der Waals surface area contributed by atoms with Gasteiger partial charge < -0.3 is 23.7 Å². The fourth-order valence-electron chi connectivity index (χ4n) is 4.89. The normalized spacial score (nSPS) is 14.4. The number of rotatable bonds is 8. The molecule has 3 aromatic rings. The fraction of sp³-hybridized carbons (Fsp3) is 0.267. The van der Waals surface area contributed by atoms with Gasteiger partial charge in [0.15, 0.2) is 11.5 Å².